The van der Waals surface area contributed by atoms with E-state index < -0.39 is 21.2 Å². The lowest BCUT2D eigenvalue weighted by molar-refractivity contribution is -0.0349. The number of nitrogens with one attached hydrogen (secondary N) is 1. The molecule has 2 aliphatic carbocycles. The molecular weight excluding hydrogens is 592 g/mol. The Balaban J connectivity index is 1.46. The van der Waals surface area contributed by atoms with E-state index in [1.807, 2.05) is 38.1 Å². The number of fused-ring (bicyclic) bond motifs is 4. The number of benzene rings is 2. The third-order valence-corrected chi connectivity index (χ3v) is 13.3. The average molecular weight is 635 g/mol. The van der Waals surface area contributed by atoms with Crippen molar-refractivity contribution in [2.75, 3.05) is 31.7 Å². The number of carbonyl (C=O) groups excluding carboxylic acids is 1. The fourth-order valence-corrected chi connectivity index (χ4v) is 9.45. The van der Waals surface area contributed by atoms with Crippen molar-refractivity contribution in [2.45, 2.75) is 68.6 Å². The van der Waals surface area contributed by atoms with Crippen LogP contribution < -0.4 is 14.4 Å². The van der Waals surface area contributed by atoms with Crippen molar-refractivity contribution >= 4 is 38.8 Å². The number of aryl methyl sites for hydroxylation is 1. The molecule has 4 aliphatic rings. The number of methoxy groups -OCH3 is 1. The number of carbonyl (C=O) groups is 1. The van der Waals surface area contributed by atoms with Gasteiger partial charge >= 0.3 is 0 Å². The molecule has 2 heterocycles. The Morgan fingerprint density at radius 3 is 2.77 bits per heavy atom. The Kier molecular flexibility index (Phi) is 8.32. The van der Waals surface area contributed by atoms with Crippen LogP contribution in [0.3, 0.4) is 0 Å². The van der Waals surface area contributed by atoms with Gasteiger partial charge in [0.05, 0.1) is 22.0 Å². The first-order valence-electron chi connectivity index (χ1n) is 15.7. The van der Waals surface area contributed by atoms with Crippen molar-refractivity contribution in [2.24, 2.45) is 17.8 Å². The van der Waals surface area contributed by atoms with E-state index in [9.17, 15) is 9.00 Å². The van der Waals surface area contributed by atoms with E-state index in [1.54, 1.807) is 13.2 Å². The molecule has 44 heavy (non-hydrogen) atoms. The highest BCUT2D eigenvalue weighted by molar-refractivity contribution is 7.99. The molecule has 6 nitrogen and oxygen atoms in total. The molecule has 1 N–H and O–H groups in total. The van der Waals surface area contributed by atoms with E-state index in [0.717, 1.165) is 61.7 Å². The van der Waals surface area contributed by atoms with Crippen LogP contribution in [0.5, 0.6) is 5.75 Å². The molecule has 8 heteroatoms. The third kappa shape index (κ3) is 5.44. The van der Waals surface area contributed by atoms with Gasteiger partial charge in [-0.05, 0) is 111 Å². The molecule has 0 saturated heterocycles. The molecule has 1 amide bonds. The fraction of sp³-hybridized carbons (Fsp3) is 0.500. The Bertz CT molecular complexity index is 1630. The predicted molar refractivity (Wildman–Crippen MR) is 180 cm³/mol. The van der Waals surface area contributed by atoms with Crippen LogP contribution in [0, 0.1) is 30.1 Å². The molecule has 2 aliphatic heterocycles. The Hall–Kier alpha value is -2.92. The van der Waals surface area contributed by atoms with Gasteiger partial charge in [-0.25, -0.2) is 4.21 Å². The maximum absolute atomic E-state index is 13.7. The zero-order valence-electron chi connectivity index (χ0n) is 25.9. The summed E-state index contributed by atoms with van der Waals surface area (Å²) in [6, 6.07) is 11.8. The van der Waals surface area contributed by atoms with E-state index >= 15 is 0 Å². The van der Waals surface area contributed by atoms with E-state index in [0.29, 0.717) is 18.6 Å². The highest BCUT2D eigenvalue weighted by Crippen LogP contribution is 2.49. The van der Waals surface area contributed by atoms with Gasteiger partial charge in [0.1, 0.15) is 11.4 Å². The lowest BCUT2D eigenvalue weighted by Gasteiger charge is -2.48. The van der Waals surface area contributed by atoms with Crippen LogP contribution in [0.1, 0.15) is 67.4 Å². The number of nitrogens with zero attached hydrogens (tertiary/aromatic N) is 1. The second-order valence-corrected chi connectivity index (χ2v) is 16.2. The molecule has 1 spiro atoms. The van der Waals surface area contributed by atoms with Gasteiger partial charge in [0.2, 0.25) is 0 Å². The number of halogens is 1. The molecule has 7 atom stereocenters. The van der Waals surface area contributed by atoms with Gasteiger partial charge in [0.15, 0.2) is 0 Å². The second kappa shape index (κ2) is 11.8. The molecule has 2 aromatic rings. The number of terminal acetylenes is 1. The number of rotatable bonds is 1. The van der Waals surface area contributed by atoms with E-state index in [1.165, 1.54) is 11.1 Å². The van der Waals surface area contributed by atoms with Crippen molar-refractivity contribution in [3.63, 3.8) is 0 Å². The van der Waals surface area contributed by atoms with Crippen molar-refractivity contribution in [3.8, 4) is 18.1 Å². The smallest absolute Gasteiger partial charge is 0.262 e. The average Bonchev–Trinajstić information content (AvgIpc) is 3.14. The summed E-state index contributed by atoms with van der Waals surface area (Å²) >= 11 is 6.43. The summed E-state index contributed by atoms with van der Waals surface area (Å²) in [5.41, 5.74) is 2.80. The molecule has 0 radical (unpaired) electrons. The van der Waals surface area contributed by atoms with Crippen molar-refractivity contribution in [1.82, 2.24) is 4.72 Å². The maximum atomic E-state index is 13.7. The van der Waals surface area contributed by atoms with Crippen LogP contribution >= 0.6 is 11.6 Å². The summed E-state index contributed by atoms with van der Waals surface area (Å²) in [4.78, 5) is 16.0. The Morgan fingerprint density at radius 1 is 1.23 bits per heavy atom. The minimum Gasteiger partial charge on any atom is -0.490 e. The number of ether oxygens (including phenoxy) is 2. The maximum Gasteiger partial charge on any atom is 0.262 e. The van der Waals surface area contributed by atoms with Gasteiger partial charge in [-0.3, -0.25) is 9.52 Å². The first-order chi connectivity index (χ1) is 21.0. The van der Waals surface area contributed by atoms with Gasteiger partial charge in [0, 0.05) is 47.4 Å². The number of hydrogen-bond donors (Lipinski definition) is 1. The minimum atomic E-state index is -2.95. The Morgan fingerprint density at radius 2 is 2.05 bits per heavy atom. The van der Waals surface area contributed by atoms with Gasteiger partial charge < -0.3 is 14.4 Å². The molecule has 2 aromatic carbocycles. The van der Waals surface area contributed by atoms with Crippen molar-refractivity contribution in [3.05, 3.63) is 70.3 Å². The molecule has 1 unspecified atom stereocenters. The molecule has 1 saturated carbocycles. The highest BCUT2D eigenvalue weighted by atomic mass is 35.5. The standard InChI is InChI=1S/C36H43ClN2O4S/c1-6-36(42-4)18-7-9-24(2)25(3)44(5,41)38-34(40)27-12-16-33-32(20-27)39(21-28-11-14-31(28)36)22-35(23-43-33)17-8-10-26-19-29(37)13-15-30(26)35/h1,7,12-13,15-16,18-20,24-25,28,31H,5,8-11,14,17,21-23H2,2-4H3,(H,38,40,41)/b18-7+/t24-,25+,28-,31+,35-,36+,44?/m0/s1. The largest absolute Gasteiger partial charge is 0.490 e. The van der Waals surface area contributed by atoms with Crippen LogP contribution in [0.4, 0.5) is 5.69 Å². The second-order valence-electron chi connectivity index (χ2n) is 13.4. The highest BCUT2D eigenvalue weighted by Gasteiger charge is 2.48. The summed E-state index contributed by atoms with van der Waals surface area (Å²) in [5, 5.41) is 0.393. The summed E-state index contributed by atoms with van der Waals surface area (Å²) in [5.74, 6) is 7.75. The molecule has 2 bridgehead atoms. The lowest BCUT2D eigenvalue weighted by atomic mass is 9.64. The summed E-state index contributed by atoms with van der Waals surface area (Å²) in [6.07, 6.45) is 16.0. The SMILES string of the molecule is C#C[C@@]1(OC)/C=C/C[C@H](C)[C@@H](C)S(=C)(=O)NC(=O)c2ccc3c(c2)N(C[C@@H]2CC[C@H]21)C[C@@]1(CCCc2cc(Cl)ccc21)CO3. The fourth-order valence-electron chi connectivity index (χ4n) is 7.78. The normalized spacial score (nSPS) is 36.0. The zero-order chi connectivity index (χ0) is 31.3. The van der Waals surface area contributed by atoms with Crippen LogP contribution in [0.15, 0.2) is 48.6 Å². The lowest BCUT2D eigenvalue weighted by Crippen LogP contribution is -2.52. The van der Waals surface area contributed by atoms with Gasteiger partial charge in [-0.15, -0.1) is 6.42 Å². The number of hydrogen-bond acceptors (Lipinski definition) is 5. The van der Waals surface area contributed by atoms with Crippen LogP contribution in [-0.4, -0.2) is 53.6 Å². The number of anilines is 1. The van der Waals surface area contributed by atoms with Crippen LogP contribution in [-0.2, 0) is 26.3 Å². The minimum absolute atomic E-state index is 0.00523. The van der Waals surface area contributed by atoms with E-state index in [4.69, 9.17) is 27.5 Å². The number of amides is 1. The molecule has 1 fully saturated rings. The third-order valence-electron chi connectivity index (χ3n) is 10.8. The quantitative estimate of drug-likeness (QED) is 0.230. The zero-order valence-corrected chi connectivity index (χ0v) is 27.5. The summed E-state index contributed by atoms with van der Waals surface area (Å²) in [7, 11) is -1.25. The molecule has 234 valence electrons. The van der Waals surface area contributed by atoms with Crippen molar-refractivity contribution < 1.29 is 18.5 Å². The van der Waals surface area contributed by atoms with E-state index in [2.05, 4.69) is 39.6 Å². The molecule has 0 aromatic heterocycles. The van der Waals surface area contributed by atoms with E-state index in [-0.39, 0.29) is 28.4 Å². The summed E-state index contributed by atoms with van der Waals surface area (Å²) < 4.78 is 29.3. The van der Waals surface area contributed by atoms with Gasteiger partial charge in [0.25, 0.3) is 5.91 Å². The first kappa shape index (κ1) is 31.1. The topological polar surface area (TPSA) is 67.9 Å². The molecule has 6 rings (SSSR count). The Labute approximate surface area is 267 Å². The van der Waals surface area contributed by atoms with Gasteiger partial charge in [-0.2, -0.15) is 0 Å². The number of allylic oxidation sites excluding steroid dienone is 1. The summed E-state index contributed by atoms with van der Waals surface area (Å²) in [6.45, 7) is 5.91. The van der Waals surface area contributed by atoms with Crippen LogP contribution in [0.2, 0.25) is 5.02 Å². The van der Waals surface area contributed by atoms with Gasteiger partial charge in [-0.1, -0.05) is 36.6 Å². The molecular formula is C36H43ClN2O4S. The van der Waals surface area contributed by atoms with Crippen LogP contribution in [0.25, 0.3) is 0 Å². The predicted octanol–water partition coefficient (Wildman–Crippen LogP) is 6.20. The van der Waals surface area contributed by atoms with Crippen molar-refractivity contribution in [1.29, 1.82) is 0 Å². The monoisotopic (exact) mass is 634 g/mol. The first-order valence-corrected chi connectivity index (χ1v) is 17.9.